The molecule has 0 heterocycles. The molecule has 0 aromatic heterocycles. The third kappa shape index (κ3) is 11.9. The zero-order chi connectivity index (χ0) is 14.0. The molecular formula is C12H24NaO5S. The van der Waals surface area contributed by atoms with Gasteiger partial charge in [0.1, 0.15) is 0 Å². The number of hydrogen-bond donors (Lipinski definition) is 2. The Hall–Kier alpha value is 0.380. The second-order valence-electron chi connectivity index (χ2n) is 4.61. The Morgan fingerprint density at radius 3 is 1.79 bits per heavy atom. The minimum Gasteiger partial charge on any atom is -0.480 e. The van der Waals surface area contributed by atoms with Gasteiger partial charge in [-0.05, 0) is 6.42 Å². The molecule has 0 bridgehead atoms. The van der Waals surface area contributed by atoms with Gasteiger partial charge in [0.2, 0.25) is 0 Å². The van der Waals surface area contributed by atoms with Gasteiger partial charge in [-0.2, -0.15) is 8.42 Å². The molecule has 0 amide bonds. The molecule has 2 N–H and O–H groups in total. The van der Waals surface area contributed by atoms with Gasteiger partial charge in [0.25, 0.3) is 10.1 Å². The Bertz CT molecular complexity index is 329. The van der Waals surface area contributed by atoms with E-state index in [2.05, 4.69) is 6.92 Å². The summed E-state index contributed by atoms with van der Waals surface area (Å²) in [6, 6.07) is 0. The van der Waals surface area contributed by atoms with Gasteiger partial charge < -0.3 is 5.11 Å². The van der Waals surface area contributed by atoms with Crippen LogP contribution in [-0.4, -0.2) is 58.9 Å². The van der Waals surface area contributed by atoms with Gasteiger partial charge in [-0.15, -0.1) is 0 Å². The second kappa shape index (κ2) is 12.1. The number of carboxylic acid groups (broad SMARTS) is 1. The molecule has 1 atom stereocenters. The van der Waals surface area contributed by atoms with Crippen LogP contribution in [0.1, 0.15) is 64.7 Å². The summed E-state index contributed by atoms with van der Waals surface area (Å²) < 4.78 is 30.3. The Kier molecular flexibility index (Phi) is 13.9. The molecule has 0 fully saturated rings. The van der Waals surface area contributed by atoms with Crippen molar-refractivity contribution in [2.75, 3.05) is 0 Å². The fourth-order valence-electron chi connectivity index (χ4n) is 1.86. The van der Waals surface area contributed by atoms with E-state index in [9.17, 15) is 13.2 Å². The summed E-state index contributed by atoms with van der Waals surface area (Å²) in [5.74, 6) is -1.47. The average molecular weight is 303 g/mol. The van der Waals surface area contributed by atoms with Crippen molar-refractivity contribution in [3.05, 3.63) is 0 Å². The minimum absolute atomic E-state index is 0. The summed E-state index contributed by atoms with van der Waals surface area (Å²) in [6.07, 6.45) is 8.25. The molecular weight excluding hydrogens is 279 g/mol. The van der Waals surface area contributed by atoms with Crippen LogP contribution in [0.25, 0.3) is 0 Å². The quantitative estimate of drug-likeness (QED) is 0.347. The van der Waals surface area contributed by atoms with Gasteiger partial charge in [-0.3, -0.25) is 9.35 Å². The average Bonchev–Trinajstić information content (AvgIpc) is 2.24. The standard InChI is InChI=1S/C12H24O5S.Na/c1-2-3-4-5-6-7-8-9-10-11(12(13)14)18(15,16)17;/h11H,2-10H2,1H3,(H,13,14)(H,15,16,17);. The van der Waals surface area contributed by atoms with Crippen LogP contribution in [0.4, 0.5) is 0 Å². The van der Waals surface area contributed by atoms with Crippen LogP contribution >= 0.6 is 0 Å². The van der Waals surface area contributed by atoms with Crippen molar-refractivity contribution in [1.29, 1.82) is 0 Å². The Morgan fingerprint density at radius 2 is 1.42 bits per heavy atom. The molecule has 7 heteroatoms. The maximum Gasteiger partial charge on any atom is 0.324 e. The molecule has 5 nitrogen and oxygen atoms in total. The molecule has 0 aliphatic carbocycles. The third-order valence-electron chi connectivity index (χ3n) is 2.95. The number of rotatable bonds is 11. The molecule has 0 aromatic rings. The largest absolute Gasteiger partial charge is 0.480 e. The van der Waals surface area contributed by atoms with Crippen LogP contribution in [0.15, 0.2) is 0 Å². The normalized spacial score (nSPS) is 12.7. The van der Waals surface area contributed by atoms with Gasteiger partial charge >= 0.3 is 5.97 Å². The second-order valence-corrected chi connectivity index (χ2v) is 6.20. The van der Waals surface area contributed by atoms with Gasteiger partial charge in [0.05, 0.1) is 0 Å². The van der Waals surface area contributed by atoms with E-state index in [1.165, 1.54) is 25.7 Å². The number of carbonyl (C=O) groups is 1. The van der Waals surface area contributed by atoms with Crippen LogP contribution in [0, 0.1) is 0 Å². The minimum atomic E-state index is -4.47. The Labute approximate surface area is 138 Å². The number of unbranched alkanes of at least 4 members (excludes halogenated alkanes) is 7. The van der Waals surface area contributed by atoms with Gasteiger partial charge in [0.15, 0.2) is 5.25 Å². The first-order valence-electron chi connectivity index (χ1n) is 6.58. The van der Waals surface area contributed by atoms with E-state index in [0.29, 0.717) is 6.42 Å². The first kappa shape index (κ1) is 21.7. The van der Waals surface area contributed by atoms with Crippen molar-refractivity contribution in [3.8, 4) is 0 Å². The summed E-state index contributed by atoms with van der Waals surface area (Å²) in [6.45, 7) is 2.15. The zero-order valence-electron chi connectivity index (χ0n) is 12.0. The summed E-state index contributed by atoms with van der Waals surface area (Å²) >= 11 is 0. The molecule has 0 aliphatic heterocycles. The topological polar surface area (TPSA) is 91.7 Å². The Balaban J connectivity index is 0. The van der Waals surface area contributed by atoms with Crippen molar-refractivity contribution < 1.29 is 22.9 Å². The first-order chi connectivity index (χ1) is 8.39. The van der Waals surface area contributed by atoms with Crippen molar-refractivity contribution in [2.45, 2.75) is 70.0 Å². The van der Waals surface area contributed by atoms with Crippen LogP contribution < -0.4 is 0 Å². The number of carboxylic acids is 1. The Morgan fingerprint density at radius 1 is 1.00 bits per heavy atom. The first-order valence-corrected chi connectivity index (χ1v) is 8.09. The molecule has 0 aromatic carbocycles. The third-order valence-corrected chi connectivity index (χ3v) is 4.11. The summed E-state index contributed by atoms with van der Waals surface area (Å²) in [4.78, 5) is 10.6. The molecule has 19 heavy (non-hydrogen) atoms. The predicted octanol–water partition coefficient (Wildman–Crippen LogP) is 2.48. The van der Waals surface area contributed by atoms with Crippen LogP contribution in [0.5, 0.6) is 0 Å². The molecule has 1 radical (unpaired) electrons. The fourth-order valence-corrected chi connectivity index (χ4v) is 2.58. The van der Waals surface area contributed by atoms with E-state index in [1.54, 1.807) is 0 Å². The van der Waals surface area contributed by atoms with Crippen LogP contribution in [0.3, 0.4) is 0 Å². The number of aliphatic carboxylic acids is 1. The van der Waals surface area contributed by atoms with Crippen LogP contribution in [-0.2, 0) is 14.9 Å². The molecule has 0 rings (SSSR count). The van der Waals surface area contributed by atoms with E-state index in [1.807, 2.05) is 0 Å². The molecule has 1 unspecified atom stereocenters. The van der Waals surface area contributed by atoms with Gasteiger partial charge in [0, 0.05) is 29.6 Å². The van der Waals surface area contributed by atoms with Crippen molar-refractivity contribution >= 4 is 45.6 Å². The van der Waals surface area contributed by atoms with Crippen LogP contribution in [0.2, 0.25) is 0 Å². The van der Waals surface area contributed by atoms with E-state index in [4.69, 9.17) is 9.66 Å². The van der Waals surface area contributed by atoms with Crippen molar-refractivity contribution in [3.63, 3.8) is 0 Å². The maximum atomic E-state index is 10.8. The monoisotopic (exact) mass is 303 g/mol. The smallest absolute Gasteiger partial charge is 0.324 e. The number of hydrogen-bond acceptors (Lipinski definition) is 3. The summed E-state index contributed by atoms with van der Waals surface area (Å²) in [5, 5.41) is 7.00. The summed E-state index contributed by atoms with van der Waals surface area (Å²) in [5.41, 5.74) is 0. The predicted molar refractivity (Wildman–Crippen MR) is 76.0 cm³/mol. The molecule has 0 saturated carbocycles. The van der Waals surface area contributed by atoms with E-state index in [0.717, 1.165) is 19.3 Å². The van der Waals surface area contributed by atoms with E-state index < -0.39 is 21.3 Å². The SMILES string of the molecule is CCCCCCCCCCC(C(=O)O)S(=O)(=O)O.[Na]. The van der Waals surface area contributed by atoms with Gasteiger partial charge in [-0.25, -0.2) is 0 Å². The van der Waals surface area contributed by atoms with E-state index in [-0.39, 0.29) is 36.0 Å². The summed E-state index contributed by atoms with van der Waals surface area (Å²) in [7, 11) is -4.47. The van der Waals surface area contributed by atoms with Crippen molar-refractivity contribution in [2.24, 2.45) is 0 Å². The maximum absolute atomic E-state index is 10.8. The zero-order valence-corrected chi connectivity index (χ0v) is 14.8. The fraction of sp³-hybridized carbons (Fsp3) is 0.917. The van der Waals surface area contributed by atoms with Crippen molar-refractivity contribution in [1.82, 2.24) is 0 Å². The van der Waals surface area contributed by atoms with E-state index >= 15 is 0 Å². The molecule has 0 aliphatic rings. The molecule has 0 spiro atoms. The van der Waals surface area contributed by atoms with Gasteiger partial charge in [-0.1, -0.05) is 58.3 Å². The molecule has 0 saturated heterocycles. The molecule has 109 valence electrons.